The second-order valence-corrected chi connectivity index (χ2v) is 14.3. The van der Waals surface area contributed by atoms with E-state index < -0.39 is 32.9 Å². The molecule has 0 spiro atoms. The zero-order valence-corrected chi connectivity index (χ0v) is 26.0. The summed E-state index contributed by atoms with van der Waals surface area (Å²) in [5.41, 5.74) is 7.56. The summed E-state index contributed by atoms with van der Waals surface area (Å²) in [6, 6.07) is 11.2. The van der Waals surface area contributed by atoms with Gasteiger partial charge in [-0.1, -0.05) is 18.2 Å². The minimum Gasteiger partial charge on any atom is -0.481 e. The fraction of sp³-hybridized carbons (Fsp3) is 0.406. The number of aryl methyl sites for hydroxylation is 1. The molecule has 1 atom stereocenters. The van der Waals surface area contributed by atoms with Crippen molar-refractivity contribution in [2.24, 2.45) is 0 Å². The number of aromatic carboxylic acids is 1. The number of carboxylic acids is 1. The maximum absolute atomic E-state index is 12.4. The highest BCUT2D eigenvalue weighted by molar-refractivity contribution is 7.85. The summed E-state index contributed by atoms with van der Waals surface area (Å²) in [5, 5.41) is 10.2. The Morgan fingerprint density at radius 2 is 1.75 bits per heavy atom. The Labute approximate surface area is 259 Å². The number of ether oxygens (including phenoxy) is 1. The molecule has 0 amide bonds. The van der Waals surface area contributed by atoms with Crippen molar-refractivity contribution in [3.8, 4) is 5.75 Å². The molecule has 6 rings (SSSR count). The van der Waals surface area contributed by atoms with Gasteiger partial charge in [0.05, 0.1) is 11.3 Å². The predicted molar refractivity (Wildman–Crippen MR) is 169 cm³/mol. The lowest BCUT2D eigenvalue weighted by Gasteiger charge is -2.40. The van der Waals surface area contributed by atoms with Gasteiger partial charge < -0.3 is 19.6 Å². The van der Waals surface area contributed by atoms with E-state index in [2.05, 4.69) is 21.9 Å². The Hall–Kier alpha value is -3.61. The van der Waals surface area contributed by atoms with Crippen LogP contribution in [0.3, 0.4) is 0 Å². The molecule has 12 heteroatoms. The maximum Gasteiger partial charge on any atom is 0.336 e. The molecule has 1 aliphatic carbocycles. The summed E-state index contributed by atoms with van der Waals surface area (Å²) in [6.07, 6.45) is 7.98. The number of carbonyl (C=O) groups is 1. The van der Waals surface area contributed by atoms with Crippen LogP contribution in [0.2, 0.25) is 0 Å². The van der Waals surface area contributed by atoms with Gasteiger partial charge in [-0.25, -0.2) is 13.2 Å². The number of thiol groups is 1. The van der Waals surface area contributed by atoms with Crippen molar-refractivity contribution in [2.45, 2.75) is 44.6 Å². The number of rotatable bonds is 10. The van der Waals surface area contributed by atoms with Gasteiger partial charge in [-0.2, -0.15) is 8.42 Å². The zero-order chi connectivity index (χ0) is 31.0. The summed E-state index contributed by atoms with van der Waals surface area (Å²) >= 11 is 0. The first-order valence-corrected chi connectivity index (χ1v) is 18.0. The van der Waals surface area contributed by atoms with Crippen molar-refractivity contribution < 1.29 is 36.0 Å². The molecule has 0 radical (unpaired) electrons. The van der Waals surface area contributed by atoms with Crippen LogP contribution in [0, 0.1) is 0 Å². The Morgan fingerprint density at radius 1 is 1.00 bits per heavy atom. The number of benzene rings is 2. The van der Waals surface area contributed by atoms with Gasteiger partial charge in [0.25, 0.3) is 10.1 Å². The smallest absolute Gasteiger partial charge is 0.336 e. The number of likely N-dealkylation sites (tertiary alicyclic amines) is 1. The van der Waals surface area contributed by atoms with Gasteiger partial charge in [0.2, 0.25) is 0 Å². The van der Waals surface area contributed by atoms with Crippen molar-refractivity contribution >= 4 is 38.1 Å². The minimum absolute atomic E-state index is 0.135. The van der Waals surface area contributed by atoms with E-state index in [0.29, 0.717) is 37.2 Å². The van der Waals surface area contributed by atoms with E-state index >= 15 is 0 Å². The number of hydrogen-bond donors (Lipinski definition) is 3. The van der Waals surface area contributed by atoms with Gasteiger partial charge in [0.1, 0.15) is 22.6 Å². The molecule has 0 aromatic heterocycles. The van der Waals surface area contributed by atoms with Crippen molar-refractivity contribution in [1.29, 1.82) is 0 Å². The molecule has 0 bridgehead atoms. The van der Waals surface area contributed by atoms with E-state index in [1.54, 1.807) is 12.1 Å². The molecule has 10 nitrogen and oxygen atoms in total. The Morgan fingerprint density at radius 3 is 2.52 bits per heavy atom. The first kappa shape index (κ1) is 30.4. The van der Waals surface area contributed by atoms with Gasteiger partial charge >= 0.3 is 5.97 Å². The molecular weight excluding hydrogens is 604 g/mol. The minimum atomic E-state index is -4.05. The summed E-state index contributed by atoms with van der Waals surface area (Å²) < 4.78 is 61.0. The standard InChI is InChI=1S/C32H36N2O8S2/c35-32(36)24-10-2-1-9-23(24)31-25-17-21-7-3-11-33(13-5-15-43(37)38)27(21)19-29(25)42-30-20-28-22(18-26(30)31)8-4-12-34(28)14-6-16-44(39,40)41/h1-2,9-10,17-20,30,43H,3-8,11-16H2,(H,35,36)(H,39,40,41). The Balaban J connectivity index is 1.45. The van der Waals surface area contributed by atoms with Crippen LogP contribution in [0.1, 0.15) is 59.2 Å². The first-order chi connectivity index (χ1) is 21.1. The van der Waals surface area contributed by atoms with E-state index in [0.717, 1.165) is 78.0 Å². The van der Waals surface area contributed by atoms with Gasteiger partial charge in [-0.3, -0.25) is 4.55 Å². The van der Waals surface area contributed by atoms with Gasteiger partial charge in [0, 0.05) is 66.1 Å². The topological polar surface area (TPSA) is 142 Å². The first-order valence-electron chi connectivity index (χ1n) is 15.0. The van der Waals surface area contributed by atoms with E-state index in [-0.39, 0.29) is 17.1 Å². The molecule has 1 fully saturated rings. The van der Waals surface area contributed by atoms with Crippen LogP contribution in [0.25, 0.3) is 5.57 Å². The fourth-order valence-corrected chi connectivity index (χ4v) is 7.73. The lowest BCUT2D eigenvalue weighted by atomic mass is 9.80. The fourth-order valence-electron chi connectivity index (χ4n) is 6.84. The van der Waals surface area contributed by atoms with E-state index in [4.69, 9.17) is 4.74 Å². The van der Waals surface area contributed by atoms with Crippen LogP contribution >= 0.6 is 0 Å². The van der Waals surface area contributed by atoms with Crippen molar-refractivity contribution in [3.05, 3.63) is 87.6 Å². The number of carboxylic acid groups (broad SMARTS) is 1. The van der Waals surface area contributed by atoms with Crippen LogP contribution in [-0.2, 0) is 27.2 Å². The summed E-state index contributed by atoms with van der Waals surface area (Å²) in [5.74, 6) is -0.550. The molecule has 1 saturated heterocycles. The SMILES string of the molecule is O=C(O)c1ccccc1C1=C2C=C3CCCN(CCCS(=O)(=O)O)C3=CC2Oc2cc3c(cc21)CCCN3CCC[SH](=O)=O. The summed E-state index contributed by atoms with van der Waals surface area (Å²) in [4.78, 5) is 16.7. The second-order valence-electron chi connectivity index (χ2n) is 11.6. The highest BCUT2D eigenvalue weighted by atomic mass is 32.2. The number of hydrogen-bond acceptors (Lipinski definition) is 8. The van der Waals surface area contributed by atoms with E-state index in [1.807, 2.05) is 24.3 Å². The monoisotopic (exact) mass is 640 g/mol. The predicted octanol–water partition coefficient (Wildman–Crippen LogP) is 3.90. The average molecular weight is 641 g/mol. The molecule has 1 unspecified atom stereocenters. The molecule has 0 saturated carbocycles. The third-order valence-electron chi connectivity index (χ3n) is 8.72. The van der Waals surface area contributed by atoms with Crippen LogP contribution in [-0.4, -0.2) is 81.2 Å². The van der Waals surface area contributed by atoms with E-state index in [1.165, 1.54) is 0 Å². The van der Waals surface area contributed by atoms with Crippen molar-refractivity contribution in [2.75, 3.05) is 42.6 Å². The van der Waals surface area contributed by atoms with Crippen molar-refractivity contribution in [3.63, 3.8) is 0 Å². The molecule has 4 aliphatic rings. The van der Waals surface area contributed by atoms with Crippen LogP contribution in [0.5, 0.6) is 5.75 Å². The molecule has 2 aromatic rings. The molecule has 2 aromatic carbocycles. The molecule has 3 aliphatic heterocycles. The third-order valence-corrected chi connectivity index (χ3v) is 10.2. The van der Waals surface area contributed by atoms with Crippen molar-refractivity contribution in [1.82, 2.24) is 4.90 Å². The Bertz CT molecular complexity index is 1770. The lowest BCUT2D eigenvalue weighted by molar-refractivity contribution is 0.0696. The average Bonchev–Trinajstić information content (AvgIpc) is 2.97. The number of piperidine rings is 1. The van der Waals surface area contributed by atoms with Crippen LogP contribution < -0.4 is 9.64 Å². The highest BCUT2D eigenvalue weighted by Crippen LogP contribution is 2.48. The number of anilines is 1. The number of allylic oxidation sites excluding steroid dienone is 1. The summed E-state index contributed by atoms with van der Waals surface area (Å²) in [7, 11) is -6.49. The van der Waals surface area contributed by atoms with E-state index in [9.17, 15) is 31.3 Å². The number of fused-ring (bicyclic) bond motifs is 4. The largest absolute Gasteiger partial charge is 0.481 e. The zero-order valence-electron chi connectivity index (χ0n) is 24.3. The normalized spacial score (nSPS) is 19.4. The maximum atomic E-state index is 12.4. The molecular formula is C32H36N2O8S2. The second kappa shape index (κ2) is 12.4. The highest BCUT2D eigenvalue weighted by Gasteiger charge is 2.36. The molecule has 3 heterocycles. The quantitative estimate of drug-likeness (QED) is 0.259. The van der Waals surface area contributed by atoms with Gasteiger partial charge in [-0.05, 0) is 79.5 Å². The molecule has 234 valence electrons. The lowest BCUT2D eigenvalue weighted by Crippen LogP contribution is -2.36. The molecule has 44 heavy (non-hydrogen) atoms. The molecule has 2 N–H and O–H groups in total. The van der Waals surface area contributed by atoms with Gasteiger partial charge in [-0.15, -0.1) is 0 Å². The van der Waals surface area contributed by atoms with Gasteiger partial charge in [0.15, 0.2) is 0 Å². The summed E-state index contributed by atoms with van der Waals surface area (Å²) in [6.45, 7) is 2.65. The van der Waals surface area contributed by atoms with Crippen LogP contribution in [0.15, 0.2) is 65.4 Å². The van der Waals surface area contributed by atoms with Crippen LogP contribution in [0.4, 0.5) is 5.69 Å². The third kappa shape index (κ3) is 6.29. The Kier molecular flexibility index (Phi) is 8.58. The number of nitrogens with zero attached hydrogens (tertiary/aromatic N) is 2.